The highest BCUT2D eigenvalue weighted by atomic mass is 16.5. The molecule has 2 aromatic carbocycles. The van der Waals surface area contributed by atoms with Crippen molar-refractivity contribution in [3.05, 3.63) is 78.1 Å². The van der Waals surface area contributed by atoms with E-state index in [1.165, 1.54) is 6.33 Å². The van der Waals surface area contributed by atoms with Crippen LogP contribution in [0.3, 0.4) is 0 Å². The van der Waals surface area contributed by atoms with E-state index in [0.29, 0.717) is 22.7 Å². The maximum Gasteiger partial charge on any atom is 0.263 e. The zero-order chi connectivity index (χ0) is 20.8. The Labute approximate surface area is 174 Å². The summed E-state index contributed by atoms with van der Waals surface area (Å²) in [6.07, 6.45) is 3.75. The molecule has 1 aliphatic rings. The van der Waals surface area contributed by atoms with Crippen molar-refractivity contribution in [1.82, 2.24) is 9.97 Å². The van der Waals surface area contributed by atoms with E-state index in [9.17, 15) is 9.59 Å². The molecule has 30 heavy (non-hydrogen) atoms. The number of anilines is 2. The number of ketones is 1. The molecule has 1 aliphatic heterocycles. The largest absolute Gasteiger partial charge is 0.484 e. The minimum Gasteiger partial charge on any atom is -0.484 e. The summed E-state index contributed by atoms with van der Waals surface area (Å²) in [4.78, 5) is 35.2. The van der Waals surface area contributed by atoms with Crippen molar-refractivity contribution in [1.29, 1.82) is 0 Å². The van der Waals surface area contributed by atoms with Crippen molar-refractivity contribution in [3.8, 4) is 5.75 Å². The Morgan fingerprint density at radius 3 is 2.37 bits per heavy atom. The predicted molar refractivity (Wildman–Crippen MR) is 114 cm³/mol. The smallest absolute Gasteiger partial charge is 0.263 e. The number of amides is 1. The molecule has 152 valence electrons. The highest BCUT2D eigenvalue weighted by Gasteiger charge is 2.15. The van der Waals surface area contributed by atoms with Gasteiger partial charge in [0.25, 0.3) is 5.91 Å². The lowest BCUT2D eigenvalue weighted by Gasteiger charge is -2.16. The van der Waals surface area contributed by atoms with Crippen molar-refractivity contribution >= 4 is 23.3 Å². The van der Waals surface area contributed by atoms with Crippen LogP contribution in [0.2, 0.25) is 0 Å². The number of carbonyl (C=O) groups excluding carboxylic acids is 2. The Balaban J connectivity index is 1.31. The van der Waals surface area contributed by atoms with Gasteiger partial charge in [0.15, 0.2) is 12.4 Å². The van der Waals surface area contributed by atoms with Crippen LogP contribution in [-0.4, -0.2) is 41.4 Å². The van der Waals surface area contributed by atoms with Gasteiger partial charge in [0, 0.05) is 30.3 Å². The first-order valence-corrected chi connectivity index (χ1v) is 9.88. The number of nitrogens with one attached hydrogen (secondary N) is 1. The Morgan fingerprint density at radius 1 is 0.933 bits per heavy atom. The minimum absolute atomic E-state index is 0.0579. The Hall–Kier alpha value is -3.74. The molecule has 3 aromatic rings. The zero-order valence-corrected chi connectivity index (χ0v) is 16.5. The maximum absolute atomic E-state index is 12.4. The van der Waals surface area contributed by atoms with Gasteiger partial charge in [0.2, 0.25) is 0 Å². The summed E-state index contributed by atoms with van der Waals surface area (Å²) in [5.74, 6) is 1.40. The number of hydrogen-bond donors (Lipinski definition) is 1. The van der Waals surface area contributed by atoms with Crippen LogP contribution >= 0.6 is 0 Å². The molecule has 0 spiro atoms. The number of rotatable bonds is 7. The molecule has 0 radical (unpaired) electrons. The van der Waals surface area contributed by atoms with Crippen LogP contribution in [-0.2, 0) is 4.79 Å². The fourth-order valence-electron chi connectivity index (χ4n) is 3.32. The quantitative estimate of drug-likeness (QED) is 0.611. The van der Waals surface area contributed by atoms with Crippen LogP contribution in [0.5, 0.6) is 5.75 Å². The monoisotopic (exact) mass is 402 g/mol. The third-order valence-corrected chi connectivity index (χ3v) is 4.87. The lowest BCUT2D eigenvalue weighted by Crippen LogP contribution is -2.22. The maximum atomic E-state index is 12.4. The predicted octanol–water partition coefficient (Wildman–Crippen LogP) is 3.33. The van der Waals surface area contributed by atoms with Gasteiger partial charge in [-0.3, -0.25) is 9.59 Å². The molecule has 7 nitrogen and oxygen atoms in total. The van der Waals surface area contributed by atoms with Gasteiger partial charge in [0.05, 0.1) is 0 Å². The molecule has 1 amide bonds. The molecular weight excluding hydrogens is 380 g/mol. The van der Waals surface area contributed by atoms with Crippen LogP contribution in [0.15, 0.2) is 67.0 Å². The van der Waals surface area contributed by atoms with Crippen molar-refractivity contribution in [2.24, 2.45) is 0 Å². The SMILES string of the molecule is O=C(COc1ccc(C(=O)c2ccccc2)cc1)Nc1cc(N2CCCC2)ncn1. The fourth-order valence-corrected chi connectivity index (χ4v) is 3.32. The third kappa shape index (κ3) is 4.81. The Kier molecular flexibility index (Phi) is 5.98. The van der Waals surface area contributed by atoms with E-state index in [0.717, 1.165) is 31.7 Å². The standard InChI is InChI=1S/C23H22N4O3/c28-22(26-20-14-21(25-16-24-20)27-12-4-5-13-27)15-30-19-10-8-18(9-11-19)23(29)17-6-2-1-3-7-17/h1-3,6-11,14,16H,4-5,12-13,15H2,(H,24,25,26,28). The molecule has 1 N–H and O–H groups in total. The summed E-state index contributed by atoms with van der Waals surface area (Å²) in [7, 11) is 0. The second kappa shape index (κ2) is 9.17. The zero-order valence-electron chi connectivity index (χ0n) is 16.5. The lowest BCUT2D eigenvalue weighted by atomic mass is 10.0. The highest BCUT2D eigenvalue weighted by molar-refractivity contribution is 6.09. The van der Waals surface area contributed by atoms with E-state index in [-0.39, 0.29) is 18.3 Å². The summed E-state index contributed by atoms with van der Waals surface area (Å²) in [5.41, 5.74) is 1.19. The molecule has 7 heteroatoms. The average molecular weight is 402 g/mol. The van der Waals surface area contributed by atoms with E-state index < -0.39 is 0 Å². The molecule has 1 aromatic heterocycles. The van der Waals surface area contributed by atoms with Crippen molar-refractivity contribution in [2.45, 2.75) is 12.8 Å². The summed E-state index contributed by atoms with van der Waals surface area (Å²) in [6, 6.07) is 17.6. The first kappa shape index (κ1) is 19.6. The molecule has 1 saturated heterocycles. The first-order valence-electron chi connectivity index (χ1n) is 9.88. The van der Waals surface area contributed by atoms with Gasteiger partial charge < -0.3 is 15.0 Å². The van der Waals surface area contributed by atoms with Crippen molar-refractivity contribution in [2.75, 3.05) is 29.9 Å². The van der Waals surface area contributed by atoms with Crippen LogP contribution in [0.25, 0.3) is 0 Å². The van der Waals surface area contributed by atoms with Crippen molar-refractivity contribution in [3.63, 3.8) is 0 Å². The summed E-state index contributed by atoms with van der Waals surface area (Å²) >= 11 is 0. The van der Waals surface area contributed by atoms with Gasteiger partial charge in [-0.1, -0.05) is 30.3 Å². The van der Waals surface area contributed by atoms with Gasteiger partial charge in [0.1, 0.15) is 23.7 Å². The minimum atomic E-state index is -0.314. The molecule has 4 rings (SSSR count). The first-order chi connectivity index (χ1) is 14.7. The van der Waals surface area contributed by atoms with Crippen LogP contribution < -0.4 is 15.0 Å². The molecule has 0 bridgehead atoms. The molecule has 0 unspecified atom stereocenters. The fraction of sp³-hybridized carbons (Fsp3) is 0.217. The topological polar surface area (TPSA) is 84.4 Å². The number of benzene rings is 2. The highest BCUT2D eigenvalue weighted by Crippen LogP contribution is 2.19. The Morgan fingerprint density at radius 2 is 1.63 bits per heavy atom. The summed E-state index contributed by atoms with van der Waals surface area (Å²) in [6.45, 7) is 1.78. The number of aromatic nitrogens is 2. The third-order valence-electron chi connectivity index (χ3n) is 4.87. The van der Waals surface area contributed by atoms with Crippen LogP contribution in [0, 0.1) is 0 Å². The number of carbonyl (C=O) groups is 2. The van der Waals surface area contributed by atoms with Gasteiger partial charge in [-0.2, -0.15) is 0 Å². The second-order valence-electron chi connectivity index (χ2n) is 7.01. The molecule has 0 aliphatic carbocycles. The van der Waals surface area contributed by atoms with Gasteiger partial charge >= 0.3 is 0 Å². The van der Waals surface area contributed by atoms with E-state index in [4.69, 9.17) is 4.74 Å². The normalized spacial score (nSPS) is 13.1. The molecule has 2 heterocycles. The number of nitrogens with zero attached hydrogens (tertiary/aromatic N) is 3. The number of hydrogen-bond acceptors (Lipinski definition) is 6. The van der Waals surface area contributed by atoms with E-state index >= 15 is 0 Å². The Bertz CT molecular complexity index is 1020. The number of ether oxygens (including phenoxy) is 1. The summed E-state index contributed by atoms with van der Waals surface area (Å²) < 4.78 is 5.53. The molecular formula is C23H22N4O3. The second-order valence-corrected chi connectivity index (χ2v) is 7.01. The average Bonchev–Trinajstić information content (AvgIpc) is 3.33. The molecule has 1 fully saturated rings. The van der Waals surface area contributed by atoms with Crippen LogP contribution in [0.1, 0.15) is 28.8 Å². The van der Waals surface area contributed by atoms with E-state index in [1.807, 2.05) is 18.2 Å². The van der Waals surface area contributed by atoms with Gasteiger partial charge in [-0.05, 0) is 37.1 Å². The summed E-state index contributed by atoms with van der Waals surface area (Å²) in [5, 5.41) is 2.73. The van der Waals surface area contributed by atoms with Gasteiger partial charge in [-0.25, -0.2) is 9.97 Å². The van der Waals surface area contributed by atoms with E-state index in [2.05, 4.69) is 20.2 Å². The van der Waals surface area contributed by atoms with E-state index in [1.54, 1.807) is 42.5 Å². The van der Waals surface area contributed by atoms with Crippen molar-refractivity contribution < 1.29 is 14.3 Å². The molecule has 0 saturated carbocycles. The lowest BCUT2D eigenvalue weighted by molar-refractivity contribution is -0.118. The van der Waals surface area contributed by atoms with Crippen LogP contribution in [0.4, 0.5) is 11.6 Å². The van der Waals surface area contributed by atoms with Gasteiger partial charge in [-0.15, -0.1) is 0 Å². The molecule has 0 atom stereocenters.